The van der Waals surface area contributed by atoms with Gasteiger partial charge in [0.1, 0.15) is 0 Å². The van der Waals surface area contributed by atoms with E-state index in [4.69, 9.17) is 0 Å². The molecule has 5 nitrogen and oxygen atoms in total. The van der Waals surface area contributed by atoms with E-state index in [1.54, 1.807) is 12.1 Å². The average molecular weight is 212 g/mol. The van der Waals surface area contributed by atoms with Crippen LogP contribution in [0.3, 0.4) is 0 Å². The van der Waals surface area contributed by atoms with Gasteiger partial charge in [-0.2, -0.15) is 0 Å². The SMILES string of the molecule is CS(=O)(=O)N1CC(=O)c2cccnc21. The molecule has 0 radical (unpaired) electrons. The van der Waals surface area contributed by atoms with E-state index in [1.807, 2.05) is 0 Å². The molecule has 6 heteroatoms. The topological polar surface area (TPSA) is 67.3 Å². The Morgan fingerprint density at radius 1 is 1.50 bits per heavy atom. The number of nitrogens with zero attached hydrogens (tertiary/aromatic N) is 2. The van der Waals surface area contributed by atoms with E-state index < -0.39 is 10.0 Å². The third kappa shape index (κ3) is 1.27. The largest absolute Gasteiger partial charge is 0.292 e. The van der Waals surface area contributed by atoms with Gasteiger partial charge in [0.2, 0.25) is 10.0 Å². The molecule has 0 bridgehead atoms. The van der Waals surface area contributed by atoms with Crippen LogP contribution in [0.15, 0.2) is 18.3 Å². The minimum absolute atomic E-state index is 0.134. The van der Waals surface area contributed by atoms with E-state index >= 15 is 0 Å². The van der Waals surface area contributed by atoms with Crippen LogP contribution in [0.5, 0.6) is 0 Å². The zero-order chi connectivity index (χ0) is 10.3. The predicted octanol–water partition coefficient (Wildman–Crippen LogP) is 0.0439. The molecule has 2 heterocycles. The standard InChI is InChI=1S/C8H8N2O3S/c1-14(12,13)10-5-7(11)6-3-2-4-9-8(6)10/h2-4H,5H2,1H3. The molecule has 0 amide bonds. The summed E-state index contributed by atoms with van der Waals surface area (Å²) in [5, 5.41) is 0. The molecule has 14 heavy (non-hydrogen) atoms. The van der Waals surface area contributed by atoms with E-state index in [2.05, 4.69) is 4.98 Å². The Balaban J connectivity index is 2.61. The summed E-state index contributed by atoms with van der Waals surface area (Å²) >= 11 is 0. The Morgan fingerprint density at radius 2 is 2.21 bits per heavy atom. The van der Waals surface area contributed by atoms with Crippen LogP contribution >= 0.6 is 0 Å². The van der Waals surface area contributed by atoms with Crippen LogP contribution in [-0.2, 0) is 10.0 Å². The van der Waals surface area contributed by atoms with E-state index in [9.17, 15) is 13.2 Å². The van der Waals surface area contributed by atoms with E-state index in [0.717, 1.165) is 10.6 Å². The number of aromatic nitrogens is 1. The van der Waals surface area contributed by atoms with Gasteiger partial charge in [-0.25, -0.2) is 17.7 Å². The van der Waals surface area contributed by atoms with Crippen molar-refractivity contribution in [1.82, 2.24) is 4.98 Å². The van der Waals surface area contributed by atoms with Crippen molar-refractivity contribution in [2.75, 3.05) is 17.1 Å². The number of rotatable bonds is 1. The summed E-state index contributed by atoms with van der Waals surface area (Å²) in [6.45, 7) is -0.134. The molecular formula is C8H8N2O3S. The molecular weight excluding hydrogens is 204 g/mol. The van der Waals surface area contributed by atoms with Gasteiger partial charge in [0.05, 0.1) is 18.4 Å². The van der Waals surface area contributed by atoms with Crippen molar-refractivity contribution in [2.24, 2.45) is 0 Å². The fraction of sp³-hybridized carbons (Fsp3) is 0.250. The molecule has 74 valence electrons. The zero-order valence-corrected chi connectivity index (χ0v) is 8.28. The van der Waals surface area contributed by atoms with Crippen LogP contribution in [0, 0.1) is 0 Å². The van der Waals surface area contributed by atoms with E-state index in [0.29, 0.717) is 5.56 Å². The summed E-state index contributed by atoms with van der Waals surface area (Å²) in [6.07, 6.45) is 2.53. The van der Waals surface area contributed by atoms with Crippen molar-refractivity contribution in [3.8, 4) is 0 Å². The number of ketones is 1. The first kappa shape index (κ1) is 9.14. The molecule has 2 rings (SSSR count). The highest BCUT2D eigenvalue weighted by atomic mass is 32.2. The highest BCUT2D eigenvalue weighted by Crippen LogP contribution is 2.26. The maximum atomic E-state index is 11.4. The lowest BCUT2D eigenvalue weighted by Crippen LogP contribution is -2.29. The average Bonchev–Trinajstić information content (AvgIpc) is 2.44. The van der Waals surface area contributed by atoms with Gasteiger partial charge in [-0.15, -0.1) is 0 Å². The Labute approximate surface area is 81.4 Å². The molecule has 0 saturated carbocycles. The first-order valence-corrected chi connectivity index (χ1v) is 5.81. The molecule has 0 aliphatic carbocycles. The van der Waals surface area contributed by atoms with Gasteiger partial charge in [-0.05, 0) is 12.1 Å². The summed E-state index contributed by atoms with van der Waals surface area (Å²) in [7, 11) is -3.40. The van der Waals surface area contributed by atoms with Crippen molar-refractivity contribution < 1.29 is 13.2 Å². The van der Waals surface area contributed by atoms with E-state index in [-0.39, 0.29) is 18.1 Å². The quantitative estimate of drug-likeness (QED) is 0.659. The maximum Gasteiger partial charge on any atom is 0.233 e. The number of hydrogen-bond acceptors (Lipinski definition) is 4. The number of anilines is 1. The van der Waals surface area contributed by atoms with Gasteiger partial charge in [0.15, 0.2) is 11.6 Å². The van der Waals surface area contributed by atoms with Crippen molar-refractivity contribution in [2.45, 2.75) is 0 Å². The summed E-state index contributed by atoms with van der Waals surface area (Å²) in [5.74, 6) is 0.0264. The Hall–Kier alpha value is -1.43. The van der Waals surface area contributed by atoms with Gasteiger partial charge >= 0.3 is 0 Å². The number of sulfonamides is 1. The summed E-state index contributed by atoms with van der Waals surface area (Å²) in [5.41, 5.74) is 0.373. The number of pyridine rings is 1. The van der Waals surface area contributed by atoms with Gasteiger partial charge in [0.25, 0.3) is 0 Å². The van der Waals surface area contributed by atoms with Crippen LogP contribution < -0.4 is 4.31 Å². The van der Waals surface area contributed by atoms with Crippen LogP contribution in [0.25, 0.3) is 0 Å². The number of hydrogen-bond donors (Lipinski definition) is 0. The normalized spacial score (nSPS) is 15.8. The maximum absolute atomic E-state index is 11.4. The Bertz CT molecular complexity index is 495. The molecule has 0 atom stereocenters. The summed E-state index contributed by atoms with van der Waals surface area (Å²) < 4.78 is 23.6. The number of carbonyl (C=O) groups is 1. The Morgan fingerprint density at radius 3 is 2.86 bits per heavy atom. The van der Waals surface area contributed by atoms with Gasteiger partial charge in [0, 0.05) is 6.20 Å². The third-order valence-electron chi connectivity index (χ3n) is 2.01. The first-order valence-electron chi connectivity index (χ1n) is 3.96. The molecule has 0 saturated heterocycles. The second kappa shape index (κ2) is 2.78. The first-order chi connectivity index (χ1) is 6.50. The molecule has 0 unspecified atom stereocenters. The van der Waals surface area contributed by atoms with Crippen molar-refractivity contribution in [1.29, 1.82) is 0 Å². The third-order valence-corrected chi connectivity index (χ3v) is 3.11. The minimum atomic E-state index is -3.40. The molecule has 0 spiro atoms. The fourth-order valence-electron chi connectivity index (χ4n) is 1.38. The summed E-state index contributed by atoms with van der Waals surface area (Å²) in [4.78, 5) is 15.3. The second-order valence-corrected chi connectivity index (χ2v) is 4.97. The lowest BCUT2D eigenvalue weighted by atomic mass is 10.2. The fourth-order valence-corrected chi connectivity index (χ4v) is 2.19. The van der Waals surface area contributed by atoms with Crippen LogP contribution in [0.1, 0.15) is 10.4 Å². The molecule has 1 aliphatic rings. The number of carbonyl (C=O) groups excluding carboxylic acids is 1. The molecule has 1 aromatic heterocycles. The molecule has 0 N–H and O–H groups in total. The highest BCUT2D eigenvalue weighted by molar-refractivity contribution is 7.92. The second-order valence-electron chi connectivity index (χ2n) is 3.07. The van der Waals surface area contributed by atoms with Gasteiger partial charge in [-0.3, -0.25) is 4.79 Å². The van der Waals surface area contributed by atoms with Crippen LogP contribution in [0.4, 0.5) is 5.82 Å². The van der Waals surface area contributed by atoms with Crippen LogP contribution in [0.2, 0.25) is 0 Å². The monoisotopic (exact) mass is 212 g/mol. The lowest BCUT2D eigenvalue weighted by molar-refractivity contribution is 0.101. The van der Waals surface area contributed by atoms with Gasteiger partial charge < -0.3 is 0 Å². The summed E-state index contributed by atoms with van der Waals surface area (Å²) in [6, 6.07) is 3.19. The highest BCUT2D eigenvalue weighted by Gasteiger charge is 2.32. The number of Topliss-reactive ketones (excluding diaryl/α,β-unsaturated/α-hetero) is 1. The van der Waals surface area contributed by atoms with Crippen molar-refractivity contribution in [3.63, 3.8) is 0 Å². The predicted molar refractivity (Wildman–Crippen MR) is 50.8 cm³/mol. The van der Waals surface area contributed by atoms with Crippen molar-refractivity contribution >= 4 is 21.6 Å². The van der Waals surface area contributed by atoms with E-state index in [1.165, 1.54) is 6.20 Å². The van der Waals surface area contributed by atoms with Crippen LogP contribution in [-0.4, -0.2) is 32.0 Å². The zero-order valence-electron chi connectivity index (χ0n) is 7.47. The van der Waals surface area contributed by atoms with Crippen molar-refractivity contribution in [3.05, 3.63) is 23.9 Å². The number of fused-ring (bicyclic) bond motifs is 1. The smallest absolute Gasteiger partial charge is 0.233 e. The molecule has 0 fully saturated rings. The van der Waals surface area contributed by atoms with Gasteiger partial charge in [-0.1, -0.05) is 0 Å². The lowest BCUT2D eigenvalue weighted by Gasteiger charge is -2.13. The Kier molecular flexibility index (Phi) is 1.81. The molecule has 1 aromatic rings. The molecule has 1 aliphatic heterocycles. The minimum Gasteiger partial charge on any atom is -0.292 e. The molecule has 0 aromatic carbocycles.